The summed E-state index contributed by atoms with van der Waals surface area (Å²) in [7, 11) is 0. The first-order chi connectivity index (χ1) is 8.09. The molecule has 0 aromatic rings. The SMILES string of the molecule is CC(C)OC(OC(C)C)C(C)(OC(C)C)C(=O)[O-].[Zr+]. The standard InChI is InChI=1S/C13H26O5.Zr/c1-8(2)16-12(17-9(3)4)13(7,11(14)15)18-10(5)6;/h8-10,12H,1-7H3,(H,14,15);/q;+1/p-1. The van der Waals surface area contributed by atoms with Crippen molar-refractivity contribution in [2.45, 2.75) is 78.7 Å². The molecule has 0 N–H and O–H groups in total. The average molecular weight is 353 g/mol. The zero-order chi connectivity index (χ0) is 14.5. The molecule has 0 bridgehead atoms. The summed E-state index contributed by atoms with van der Waals surface area (Å²) in [5.74, 6) is -1.34. The molecular weight excluding hydrogens is 327 g/mol. The van der Waals surface area contributed by atoms with Gasteiger partial charge in [-0.2, -0.15) is 0 Å². The van der Waals surface area contributed by atoms with Gasteiger partial charge in [-0.1, -0.05) is 0 Å². The van der Waals surface area contributed by atoms with Crippen LogP contribution in [0.25, 0.3) is 0 Å². The summed E-state index contributed by atoms with van der Waals surface area (Å²) >= 11 is 0. The van der Waals surface area contributed by atoms with Crippen molar-refractivity contribution in [1.29, 1.82) is 0 Å². The molecule has 0 aromatic heterocycles. The molecular formula is C13H25O5Zr. The molecule has 1 atom stereocenters. The first-order valence-electron chi connectivity index (χ1n) is 6.29. The predicted octanol–water partition coefficient (Wildman–Crippen LogP) is 1.09. The van der Waals surface area contributed by atoms with Gasteiger partial charge in [0.2, 0.25) is 0 Å². The van der Waals surface area contributed by atoms with Crippen LogP contribution in [0.5, 0.6) is 0 Å². The van der Waals surface area contributed by atoms with Gasteiger partial charge >= 0.3 is 26.2 Å². The van der Waals surface area contributed by atoms with Gasteiger partial charge in [0, 0.05) is 0 Å². The smallest absolute Gasteiger partial charge is 0.547 e. The van der Waals surface area contributed by atoms with Crippen LogP contribution >= 0.6 is 0 Å². The van der Waals surface area contributed by atoms with Crippen molar-refractivity contribution in [3.8, 4) is 0 Å². The summed E-state index contributed by atoms with van der Waals surface area (Å²) < 4.78 is 16.5. The van der Waals surface area contributed by atoms with Gasteiger partial charge in [0.25, 0.3) is 0 Å². The summed E-state index contributed by atoms with van der Waals surface area (Å²) in [5.41, 5.74) is -1.64. The molecule has 0 saturated heterocycles. The van der Waals surface area contributed by atoms with E-state index in [-0.39, 0.29) is 44.5 Å². The number of hydrogen-bond acceptors (Lipinski definition) is 5. The van der Waals surface area contributed by atoms with Gasteiger partial charge in [-0.25, -0.2) is 0 Å². The third-order valence-electron chi connectivity index (χ3n) is 2.13. The summed E-state index contributed by atoms with van der Waals surface area (Å²) in [6.07, 6.45) is -1.64. The van der Waals surface area contributed by atoms with Crippen LogP contribution in [0.3, 0.4) is 0 Å². The summed E-state index contributed by atoms with van der Waals surface area (Å²) in [6.45, 7) is 12.1. The van der Waals surface area contributed by atoms with Crippen molar-refractivity contribution in [3.63, 3.8) is 0 Å². The maximum atomic E-state index is 11.4. The van der Waals surface area contributed by atoms with E-state index in [0.29, 0.717) is 0 Å². The van der Waals surface area contributed by atoms with Crippen molar-refractivity contribution >= 4 is 5.97 Å². The Kier molecular flexibility index (Phi) is 10.4. The largest absolute Gasteiger partial charge is 1.00 e. The van der Waals surface area contributed by atoms with Crippen LogP contribution in [0.15, 0.2) is 0 Å². The molecule has 0 amide bonds. The number of rotatable bonds is 8. The third-order valence-corrected chi connectivity index (χ3v) is 2.13. The number of aliphatic carboxylic acids is 1. The minimum absolute atomic E-state index is 0. The van der Waals surface area contributed by atoms with Gasteiger partial charge in [-0.3, -0.25) is 0 Å². The van der Waals surface area contributed by atoms with Gasteiger partial charge in [0.1, 0.15) is 0 Å². The van der Waals surface area contributed by atoms with E-state index in [1.165, 1.54) is 6.92 Å². The van der Waals surface area contributed by atoms with Crippen molar-refractivity contribution in [2.24, 2.45) is 0 Å². The van der Waals surface area contributed by atoms with Gasteiger partial charge in [0.05, 0.1) is 24.3 Å². The zero-order valence-corrected chi connectivity index (χ0v) is 15.3. The summed E-state index contributed by atoms with van der Waals surface area (Å²) in [6, 6.07) is 0. The van der Waals surface area contributed by atoms with Gasteiger partial charge < -0.3 is 24.1 Å². The monoisotopic (exact) mass is 351 g/mol. The zero-order valence-electron chi connectivity index (χ0n) is 12.9. The van der Waals surface area contributed by atoms with E-state index in [0.717, 1.165) is 0 Å². The van der Waals surface area contributed by atoms with Gasteiger partial charge in [-0.15, -0.1) is 0 Å². The fraction of sp³-hybridized carbons (Fsp3) is 0.923. The topological polar surface area (TPSA) is 67.8 Å². The van der Waals surface area contributed by atoms with E-state index in [4.69, 9.17) is 14.2 Å². The molecule has 1 radical (unpaired) electrons. The molecule has 0 spiro atoms. The molecule has 1 unspecified atom stereocenters. The number of carbonyl (C=O) groups excluding carboxylic acids is 1. The quantitative estimate of drug-likeness (QED) is 0.612. The number of ether oxygens (including phenoxy) is 3. The number of hydrogen-bond donors (Lipinski definition) is 0. The summed E-state index contributed by atoms with van der Waals surface area (Å²) in [5, 5.41) is 11.4. The van der Waals surface area contributed by atoms with E-state index < -0.39 is 17.9 Å². The van der Waals surface area contributed by atoms with Gasteiger partial charge in [0.15, 0.2) is 11.9 Å². The van der Waals surface area contributed by atoms with Crippen LogP contribution in [0.1, 0.15) is 48.5 Å². The molecule has 0 saturated carbocycles. The van der Waals surface area contributed by atoms with Crippen LogP contribution in [-0.4, -0.2) is 36.2 Å². The van der Waals surface area contributed by atoms with E-state index >= 15 is 0 Å². The van der Waals surface area contributed by atoms with Crippen molar-refractivity contribution < 1.29 is 50.3 Å². The minimum atomic E-state index is -1.64. The normalized spacial score (nSPS) is 14.9. The van der Waals surface area contributed by atoms with E-state index in [1.54, 1.807) is 13.8 Å². The molecule has 5 nitrogen and oxygen atoms in total. The Morgan fingerprint density at radius 3 is 1.53 bits per heavy atom. The molecule has 111 valence electrons. The summed E-state index contributed by atoms with van der Waals surface area (Å²) in [4.78, 5) is 11.4. The maximum Gasteiger partial charge on any atom is 1.00 e. The molecule has 0 fully saturated rings. The van der Waals surface area contributed by atoms with Crippen LogP contribution in [-0.2, 0) is 45.2 Å². The van der Waals surface area contributed by atoms with E-state index in [9.17, 15) is 9.90 Å². The molecule has 0 rings (SSSR count). The minimum Gasteiger partial charge on any atom is -0.547 e. The second kappa shape index (κ2) is 9.22. The van der Waals surface area contributed by atoms with Gasteiger partial charge in [-0.05, 0) is 48.5 Å². The second-order valence-electron chi connectivity index (χ2n) is 5.26. The molecule has 6 heteroatoms. The maximum absolute atomic E-state index is 11.4. The molecule has 0 aliphatic rings. The Balaban J connectivity index is 0. The van der Waals surface area contributed by atoms with Crippen LogP contribution in [0.4, 0.5) is 0 Å². The Morgan fingerprint density at radius 1 is 0.947 bits per heavy atom. The third kappa shape index (κ3) is 7.55. The number of carboxylic acid groups (broad SMARTS) is 1. The number of carboxylic acids is 1. The molecule has 0 heterocycles. The van der Waals surface area contributed by atoms with Crippen LogP contribution in [0.2, 0.25) is 0 Å². The fourth-order valence-electron chi connectivity index (χ4n) is 1.48. The van der Waals surface area contributed by atoms with Crippen molar-refractivity contribution in [3.05, 3.63) is 0 Å². The first-order valence-corrected chi connectivity index (χ1v) is 6.29. The second-order valence-corrected chi connectivity index (χ2v) is 5.26. The van der Waals surface area contributed by atoms with E-state index in [2.05, 4.69) is 0 Å². The number of carbonyl (C=O) groups is 1. The van der Waals surface area contributed by atoms with E-state index in [1.807, 2.05) is 27.7 Å². The van der Waals surface area contributed by atoms with Crippen molar-refractivity contribution in [2.75, 3.05) is 0 Å². The average Bonchev–Trinajstić information content (AvgIpc) is 2.13. The first kappa shape index (κ1) is 21.5. The Hall–Kier alpha value is 0.233. The van der Waals surface area contributed by atoms with Crippen LogP contribution < -0.4 is 5.11 Å². The molecule has 0 aliphatic heterocycles. The molecule has 19 heavy (non-hydrogen) atoms. The predicted molar refractivity (Wildman–Crippen MR) is 65.9 cm³/mol. The van der Waals surface area contributed by atoms with Crippen LogP contribution in [0, 0.1) is 0 Å². The molecule has 0 aliphatic carbocycles. The Morgan fingerprint density at radius 2 is 1.32 bits per heavy atom. The van der Waals surface area contributed by atoms with Crippen molar-refractivity contribution in [1.82, 2.24) is 0 Å². The fourth-order valence-corrected chi connectivity index (χ4v) is 1.48. The molecule has 0 aromatic carbocycles. The Bertz CT molecular complexity index is 258. The Labute approximate surface area is 135 Å².